The number of alkyl halides is 1. The van der Waals surface area contributed by atoms with Gasteiger partial charge in [0.25, 0.3) is 0 Å². The molecule has 0 saturated carbocycles. The van der Waals surface area contributed by atoms with E-state index >= 15 is 0 Å². The molecule has 0 radical (unpaired) electrons. The second kappa shape index (κ2) is 6.57. The Kier molecular flexibility index (Phi) is 4.79. The lowest BCUT2D eigenvalue weighted by atomic mass is 10.2. The third-order valence-corrected chi connectivity index (χ3v) is 2.68. The molecule has 2 aromatic rings. The van der Waals surface area contributed by atoms with Gasteiger partial charge in [-0.25, -0.2) is 4.98 Å². The summed E-state index contributed by atoms with van der Waals surface area (Å²) < 4.78 is 11.0. The smallest absolute Gasteiger partial charge is 0.145 e. The fraction of sp³-hybridized carbons (Fsp3) is 0.357. The maximum atomic E-state index is 5.69. The van der Waals surface area contributed by atoms with E-state index in [9.17, 15) is 0 Å². The van der Waals surface area contributed by atoms with Crippen molar-refractivity contribution >= 4 is 22.5 Å². The third-order valence-electron chi connectivity index (χ3n) is 2.53. The number of benzene rings is 1. The number of pyridine rings is 1. The maximum absolute atomic E-state index is 5.69. The number of para-hydroxylation sites is 1. The Balaban J connectivity index is 2.05. The van der Waals surface area contributed by atoms with Gasteiger partial charge in [-0.05, 0) is 19.1 Å². The van der Waals surface area contributed by atoms with Crippen molar-refractivity contribution in [3.05, 3.63) is 36.0 Å². The molecule has 1 aromatic heterocycles. The van der Waals surface area contributed by atoms with E-state index < -0.39 is 0 Å². The van der Waals surface area contributed by atoms with Crippen LogP contribution >= 0.6 is 11.6 Å². The monoisotopic (exact) mass is 265 g/mol. The predicted octanol–water partition coefficient (Wildman–Crippen LogP) is 3.18. The molecule has 0 N–H and O–H groups in total. The second-order valence-electron chi connectivity index (χ2n) is 3.93. The summed E-state index contributed by atoms with van der Waals surface area (Å²) in [5.41, 5.74) is 1.88. The summed E-state index contributed by atoms with van der Waals surface area (Å²) in [5.74, 6) is 1.31. The molecule has 96 valence electrons. The lowest BCUT2D eigenvalue weighted by molar-refractivity contribution is 0.112. The zero-order chi connectivity index (χ0) is 12.8. The van der Waals surface area contributed by atoms with Crippen molar-refractivity contribution in [3.8, 4) is 5.75 Å². The first-order valence-electron chi connectivity index (χ1n) is 5.94. The topological polar surface area (TPSA) is 31.4 Å². The first-order chi connectivity index (χ1) is 8.81. The van der Waals surface area contributed by atoms with E-state index in [1.807, 2.05) is 31.2 Å². The van der Waals surface area contributed by atoms with Crippen molar-refractivity contribution in [2.75, 3.05) is 25.7 Å². The van der Waals surface area contributed by atoms with Crippen molar-refractivity contribution < 1.29 is 9.47 Å². The van der Waals surface area contributed by atoms with Gasteiger partial charge in [0.1, 0.15) is 17.9 Å². The van der Waals surface area contributed by atoms with Gasteiger partial charge >= 0.3 is 0 Å². The van der Waals surface area contributed by atoms with Crippen LogP contribution in [0.1, 0.15) is 5.69 Å². The zero-order valence-corrected chi connectivity index (χ0v) is 11.1. The molecule has 1 aromatic carbocycles. The highest BCUT2D eigenvalue weighted by Gasteiger charge is 2.03. The average Bonchev–Trinajstić information content (AvgIpc) is 2.39. The average molecular weight is 266 g/mol. The molecule has 0 bridgehead atoms. The van der Waals surface area contributed by atoms with Crippen LogP contribution in [0.2, 0.25) is 0 Å². The number of nitrogens with zero attached hydrogens (tertiary/aromatic N) is 1. The standard InChI is InChI=1S/C14H16ClNO2/c1-11-5-6-12-3-2-4-13(14(12)16-11)18-10-9-17-8-7-15/h2-6H,7-10H2,1H3. The number of aromatic nitrogens is 1. The Labute approximate surface area is 112 Å². The molecule has 0 spiro atoms. The summed E-state index contributed by atoms with van der Waals surface area (Å²) in [6.45, 7) is 3.57. The highest BCUT2D eigenvalue weighted by atomic mass is 35.5. The van der Waals surface area contributed by atoms with Crippen LogP contribution in [0.5, 0.6) is 5.75 Å². The lowest BCUT2D eigenvalue weighted by Gasteiger charge is -2.09. The molecule has 0 fully saturated rings. The van der Waals surface area contributed by atoms with Crippen molar-refractivity contribution in [1.82, 2.24) is 4.98 Å². The van der Waals surface area contributed by atoms with Gasteiger partial charge < -0.3 is 9.47 Å². The lowest BCUT2D eigenvalue weighted by Crippen LogP contribution is -2.08. The molecular weight excluding hydrogens is 250 g/mol. The van der Waals surface area contributed by atoms with E-state index in [0.717, 1.165) is 22.3 Å². The SMILES string of the molecule is Cc1ccc2cccc(OCCOCCCl)c2n1. The molecule has 0 aliphatic heterocycles. The van der Waals surface area contributed by atoms with Gasteiger partial charge in [-0.3, -0.25) is 0 Å². The Morgan fingerprint density at radius 1 is 1.11 bits per heavy atom. The van der Waals surface area contributed by atoms with Crippen molar-refractivity contribution in [3.63, 3.8) is 0 Å². The Morgan fingerprint density at radius 3 is 2.83 bits per heavy atom. The van der Waals surface area contributed by atoms with Crippen LogP contribution in [-0.2, 0) is 4.74 Å². The van der Waals surface area contributed by atoms with Crippen LogP contribution in [-0.4, -0.2) is 30.7 Å². The van der Waals surface area contributed by atoms with Crippen molar-refractivity contribution in [2.24, 2.45) is 0 Å². The normalized spacial score (nSPS) is 10.8. The van der Waals surface area contributed by atoms with Gasteiger partial charge in [0.2, 0.25) is 0 Å². The molecule has 1 heterocycles. The zero-order valence-electron chi connectivity index (χ0n) is 10.4. The number of rotatable bonds is 6. The van der Waals surface area contributed by atoms with E-state index in [-0.39, 0.29) is 0 Å². The Hall–Kier alpha value is -1.32. The molecule has 0 saturated heterocycles. The quantitative estimate of drug-likeness (QED) is 0.594. The number of halogens is 1. The number of hydrogen-bond donors (Lipinski definition) is 0. The van der Waals surface area contributed by atoms with Gasteiger partial charge in [0.15, 0.2) is 0 Å². The van der Waals surface area contributed by atoms with Gasteiger partial charge in [0, 0.05) is 17.0 Å². The highest BCUT2D eigenvalue weighted by molar-refractivity contribution is 6.17. The summed E-state index contributed by atoms with van der Waals surface area (Å²) >= 11 is 5.52. The molecule has 4 heteroatoms. The van der Waals surface area contributed by atoms with Crippen LogP contribution in [0.3, 0.4) is 0 Å². The van der Waals surface area contributed by atoms with Crippen LogP contribution < -0.4 is 4.74 Å². The van der Waals surface area contributed by atoms with E-state index in [2.05, 4.69) is 11.1 Å². The number of hydrogen-bond acceptors (Lipinski definition) is 3. The van der Waals surface area contributed by atoms with Gasteiger partial charge in [-0.2, -0.15) is 0 Å². The van der Waals surface area contributed by atoms with Crippen molar-refractivity contribution in [1.29, 1.82) is 0 Å². The maximum Gasteiger partial charge on any atom is 0.145 e. The van der Waals surface area contributed by atoms with Gasteiger partial charge in [-0.1, -0.05) is 18.2 Å². The minimum atomic E-state index is 0.506. The molecule has 2 rings (SSSR count). The number of fused-ring (bicyclic) bond motifs is 1. The van der Waals surface area contributed by atoms with E-state index in [0.29, 0.717) is 25.7 Å². The summed E-state index contributed by atoms with van der Waals surface area (Å²) in [6, 6.07) is 9.97. The van der Waals surface area contributed by atoms with Crippen LogP contribution in [0.4, 0.5) is 0 Å². The largest absolute Gasteiger partial charge is 0.489 e. The molecular formula is C14H16ClNO2. The molecule has 0 aliphatic rings. The van der Waals surface area contributed by atoms with E-state index in [1.54, 1.807) is 0 Å². The van der Waals surface area contributed by atoms with Gasteiger partial charge in [-0.15, -0.1) is 11.6 Å². The summed E-state index contributed by atoms with van der Waals surface area (Å²) in [5, 5.41) is 1.08. The summed E-state index contributed by atoms with van der Waals surface area (Å²) in [6.07, 6.45) is 0. The first-order valence-corrected chi connectivity index (χ1v) is 6.47. The minimum Gasteiger partial charge on any atom is -0.489 e. The van der Waals surface area contributed by atoms with Crippen LogP contribution in [0.25, 0.3) is 10.9 Å². The molecule has 0 aliphatic carbocycles. The molecule has 18 heavy (non-hydrogen) atoms. The Morgan fingerprint density at radius 2 is 2.00 bits per heavy atom. The first kappa shape index (κ1) is 13.1. The van der Waals surface area contributed by atoms with E-state index in [1.165, 1.54) is 0 Å². The highest BCUT2D eigenvalue weighted by Crippen LogP contribution is 2.23. The predicted molar refractivity (Wildman–Crippen MR) is 73.5 cm³/mol. The number of aryl methyl sites for hydroxylation is 1. The summed E-state index contributed by atoms with van der Waals surface area (Å²) in [7, 11) is 0. The third kappa shape index (κ3) is 3.34. The number of ether oxygens (including phenoxy) is 2. The van der Waals surface area contributed by atoms with Crippen molar-refractivity contribution in [2.45, 2.75) is 6.92 Å². The molecule has 0 unspecified atom stereocenters. The minimum absolute atomic E-state index is 0.506. The molecule has 0 amide bonds. The molecule has 0 atom stereocenters. The van der Waals surface area contributed by atoms with E-state index in [4.69, 9.17) is 21.1 Å². The summed E-state index contributed by atoms with van der Waals surface area (Å²) in [4.78, 5) is 4.50. The fourth-order valence-corrected chi connectivity index (χ4v) is 1.81. The Bertz CT molecular complexity index is 516. The second-order valence-corrected chi connectivity index (χ2v) is 4.31. The van der Waals surface area contributed by atoms with Crippen LogP contribution in [0.15, 0.2) is 30.3 Å². The van der Waals surface area contributed by atoms with Gasteiger partial charge in [0.05, 0.1) is 13.2 Å². The molecule has 3 nitrogen and oxygen atoms in total. The fourth-order valence-electron chi connectivity index (χ4n) is 1.70. The van der Waals surface area contributed by atoms with Crippen LogP contribution in [0, 0.1) is 6.92 Å².